The predicted molar refractivity (Wildman–Crippen MR) is 63.9 cm³/mol. The Bertz CT molecular complexity index is 471. The zero-order chi connectivity index (χ0) is 13.6. The first kappa shape index (κ1) is 14.6. The van der Waals surface area contributed by atoms with Crippen LogP contribution in [0.4, 0.5) is 13.2 Å². The highest BCUT2D eigenvalue weighted by Gasteiger charge is 2.30. The Kier molecular flexibility index (Phi) is 5.23. The van der Waals surface area contributed by atoms with E-state index in [9.17, 15) is 18.0 Å². The molecule has 0 aliphatic carbocycles. The fourth-order valence-corrected chi connectivity index (χ4v) is 1.53. The van der Waals surface area contributed by atoms with Crippen LogP contribution in [0.25, 0.3) is 0 Å². The van der Waals surface area contributed by atoms with E-state index in [1.165, 1.54) is 13.0 Å². The molecule has 1 aromatic rings. The molecular formula is C12H10F3NOS. The number of carbonyl (C=O) groups is 1. The van der Waals surface area contributed by atoms with E-state index in [2.05, 4.69) is 16.8 Å². The predicted octanol–water partition coefficient (Wildman–Crippen LogP) is 3.12. The number of pyridine rings is 1. The Hall–Kier alpha value is -1.48. The van der Waals surface area contributed by atoms with E-state index in [1.54, 1.807) is 0 Å². The number of aromatic nitrogens is 1. The van der Waals surface area contributed by atoms with Crippen molar-refractivity contribution in [1.29, 1.82) is 0 Å². The maximum Gasteiger partial charge on any atom is 0.417 e. The summed E-state index contributed by atoms with van der Waals surface area (Å²) >= 11 is 1.16. The average molecular weight is 273 g/mol. The average Bonchev–Trinajstić information content (AvgIpc) is 2.27. The van der Waals surface area contributed by atoms with Gasteiger partial charge in [-0.25, -0.2) is 4.98 Å². The van der Waals surface area contributed by atoms with Gasteiger partial charge < -0.3 is 0 Å². The Morgan fingerprint density at radius 3 is 2.67 bits per heavy atom. The van der Waals surface area contributed by atoms with Crippen molar-refractivity contribution in [3.8, 4) is 11.8 Å². The van der Waals surface area contributed by atoms with Gasteiger partial charge in [-0.3, -0.25) is 4.79 Å². The molecule has 18 heavy (non-hydrogen) atoms. The Morgan fingerprint density at radius 2 is 2.17 bits per heavy atom. The topological polar surface area (TPSA) is 30.0 Å². The van der Waals surface area contributed by atoms with Gasteiger partial charge in [-0.1, -0.05) is 17.7 Å². The molecule has 1 heterocycles. The van der Waals surface area contributed by atoms with Crippen molar-refractivity contribution in [3.05, 3.63) is 29.6 Å². The van der Waals surface area contributed by atoms with Gasteiger partial charge in [0, 0.05) is 25.3 Å². The summed E-state index contributed by atoms with van der Waals surface area (Å²) in [5.41, 5.74) is -0.504. The quantitative estimate of drug-likeness (QED) is 0.612. The second-order valence-corrected chi connectivity index (χ2v) is 4.59. The summed E-state index contributed by atoms with van der Waals surface area (Å²) in [5.74, 6) is 5.96. The van der Waals surface area contributed by atoms with Crippen molar-refractivity contribution in [3.63, 3.8) is 0 Å². The Balaban J connectivity index is 2.54. The highest BCUT2D eigenvalue weighted by atomic mass is 32.2. The van der Waals surface area contributed by atoms with Crippen LogP contribution in [0.2, 0.25) is 0 Å². The van der Waals surface area contributed by atoms with Gasteiger partial charge in [0.25, 0.3) is 0 Å². The summed E-state index contributed by atoms with van der Waals surface area (Å²) in [6.07, 6.45) is -3.13. The molecule has 1 aromatic heterocycles. The largest absolute Gasteiger partial charge is 0.417 e. The van der Waals surface area contributed by atoms with E-state index >= 15 is 0 Å². The summed E-state index contributed by atoms with van der Waals surface area (Å²) < 4.78 is 36.7. The molecule has 2 nitrogen and oxygen atoms in total. The fraction of sp³-hybridized carbons (Fsp3) is 0.333. The molecule has 0 aliphatic rings. The number of alkyl halides is 3. The van der Waals surface area contributed by atoms with Crippen LogP contribution < -0.4 is 0 Å². The van der Waals surface area contributed by atoms with E-state index in [-0.39, 0.29) is 10.8 Å². The minimum Gasteiger partial charge on any atom is -0.288 e. The van der Waals surface area contributed by atoms with Crippen molar-refractivity contribution < 1.29 is 18.0 Å². The number of hydrogen-bond acceptors (Lipinski definition) is 3. The molecule has 0 amide bonds. The van der Waals surface area contributed by atoms with Gasteiger partial charge in [-0.05, 0) is 18.1 Å². The smallest absolute Gasteiger partial charge is 0.288 e. The number of hydrogen-bond donors (Lipinski definition) is 0. The van der Waals surface area contributed by atoms with Crippen LogP contribution in [0.3, 0.4) is 0 Å². The van der Waals surface area contributed by atoms with Crippen LogP contribution in [-0.2, 0) is 11.0 Å². The van der Waals surface area contributed by atoms with Crippen LogP contribution in [-0.4, -0.2) is 15.9 Å². The van der Waals surface area contributed by atoms with Crippen molar-refractivity contribution in [2.24, 2.45) is 0 Å². The molecule has 0 saturated carbocycles. The number of carbonyl (C=O) groups excluding carboxylic acids is 1. The van der Waals surface area contributed by atoms with E-state index in [4.69, 9.17) is 0 Å². The Labute approximate surface area is 107 Å². The summed E-state index contributed by atoms with van der Waals surface area (Å²) in [7, 11) is 0. The molecule has 0 saturated heterocycles. The highest BCUT2D eigenvalue weighted by molar-refractivity contribution is 8.13. The van der Waals surface area contributed by atoms with Crippen molar-refractivity contribution in [1.82, 2.24) is 4.98 Å². The van der Waals surface area contributed by atoms with Crippen molar-refractivity contribution >= 4 is 16.9 Å². The van der Waals surface area contributed by atoms with Gasteiger partial charge >= 0.3 is 6.18 Å². The molecule has 0 radical (unpaired) electrons. The van der Waals surface area contributed by atoms with Gasteiger partial charge in [-0.15, -0.1) is 0 Å². The maximum absolute atomic E-state index is 12.2. The van der Waals surface area contributed by atoms with Crippen molar-refractivity contribution in [2.45, 2.75) is 19.5 Å². The SMILES string of the molecule is CC(=O)SCCC#Cc1ccc(C(F)(F)F)cn1. The molecule has 0 aromatic carbocycles. The number of thioether (sulfide) groups is 1. The first-order chi connectivity index (χ1) is 8.39. The second-order valence-electron chi connectivity index (χ2n) is 3.32. The molecule has 0 spiro atoms. The number of halogens is 3. The van der Waals surface area contributed by atoms with E-state index in [0.717, 1.165) is 24.0 Å². The summed E-state index contributed by atoms with van der Waals surface area (Å²) in [4.78, 5) is 14.2. The lowest BCUT2D eigenvalue weighted by atomic mass is 10.2. The minimum atomic E-state index is -4.38. The standard InChI is InChI=1S/C12H10F3NOS/c1-9(17)18-7-3-2-4-11-6-5-10(8-16-11)12(13,14)15/h5-6,8H,3,7H2,1H3. The third-order valence-electron chi connectivity index (χ3n) is 1.84. The van der Waals surface area contributed by atoms with Crippen LogP contribution >= 0.6 is 11.8 Å². The molecule has 0 atom stereocenters. The van der Waals surface area contributed by atoms with Crippen LogP contribution in [0.5, 0.6) is 0 Å². The van der Waals surface area contributed by atoms with Gasteiger partial charge in [-0.2, -0.15) is 13.2 Å². The first-order valence-corrected chi connectivity index (χ1v) is 6.03. The molecule has 96 valence electrons. The van der Waals surface area contributed by atoms with Gasteiger partial charge in [0.15, 0.2) is 5.12 Å². The Morgan fingerprint density at radius 1 is 1.44 bits per heavy atom. The molecule has 1 rings (SSSR count). The molecule has 0 aliphatic heterocycles. The van der Waals surface area contributed by atoms with Gasteiger partial charge in [0.05, 0.1) is 5.56 Å². The van der Waals surface area contributed by atoms with Gasteiger partial charge in [0.1, 0.15) is 5.69 Å². The zero-order valence-corrected chi connectivity index (χ0v) is 10.4. The highest BCUT2D eigenvalue weighted by Crippen LogP contribution is 2.28. The van der Waals surface area contributed by atoms with E-state index in [1.807, 2.05) is 0 Å². The van der Waals surface area contributed by atoms with Crippen LogP contribution in [0.1, 0.15) is 24.6 Å². The molecule has 0 bridgehead atoms. The first-order valence-electron chi connectivity index (χ1n) is 5.05. The normalized spacial score (nSPS) is 10.7. The maximum atomic E-state index is 12.2. The molecule has 0 N–H and O–H groups in total. The van der Waals surface area contributed by atoms with Crippen LogP contribution in [0.15, 0.2) is 18.3 Å². The summed E-state index contributed by atoms with van der Waals surface area (Å²) in [6.45, 7) is 1.47. The molecular weight excluding hydrogens is 263 g/mol. The lowest BCUT2D eigenvalue weighted by molar-refractivity contribution is -0.137. The fourth-order valence-electron chi connectivity index (χ4n) is 1.03. The van der Waals surface area contributed by atoms with E-state index < -0.39 is 11.7 Å². The lowest BCUT2D eigenvalue weighted by Gasteiger charge is -2.04. The lowest BCUT2D eigenvalue weighted by Crippen LogP contribution is -2.05. The van der Waals surface area contributed by atoms with Gasteiger partial charge in [0.2, 0.25) is 0 Å². The molecule has 6 heteroatoms. The number of rotatable bonds is 2. The zero-order valence-electron chi connectivity index (χ0n) is 9.54. The summed E-state index contributed by atoms with van der Waals surface area (Å²) in [6, 6.07) is 2.18. The number of nitrogens with zero attached hydrogens (tertiary/aromatic N) is 1. The second kappa shape index (κ2) is 6.45. The van der Waals surface area contributed by atoms with Crippen LogP contribution in [0, 0.1) is 11.8 Å². The van der Waals surface area contributed by atoms with E-state index in [0.29, 0.717) is 12.2 Å². The third-order valence-corrected chi connectivity index (χ3v) is 2.65. The third kappa shape index (κ3) is 5.23. The molecule has 0 fully saturated rings. The monoisotopic (exact) mass is 273 g/mol. The molecule has 0 unspecified atom stereocenters. The van der Waals surface area contributed by atoms with Crippen molar-refractivity contribution in [2.75, 3.05) is 5.75 Å². The minimum absolute atomic E-state index is 0.0180. The summed E-state index contributed by atoms with van der Waals surface area (Å²) in [5, 5.41) is 0.0180.